The van der Waals surface area contributed by atoms with Crippen molar-refractivity contribution in [3.05, 3.63) is 0 Å². The molecular weight excluding hydrogens is 320 g/mol. The molecule has 1 heterocycles. The molecule has 4 aliphatic carbocycles. The minimum Gasteiger partial charge on any atom is -0.376 e. The van der Waals surface area contributed by atoms with E-state index in [2.05, 4.69) is 20.8 Å². The van der Waals surface area contributed by atoms with Gasteiger partial charge in [0.05, 0.1) is 25.9 Å². The maximum absolute atomic E-state index is 6.30. The van der Waals surface area contributed by atoms with Crippen molar-refractivity contribution in [2.75, 3.05) is 19.8 Å². The third-order valence-electron chi connectivity index (χ3n) is 10.8. The van der Waals surface area contributed by atoms with E-state index in [0.717, 1.165) is 43.5 Å². The molecule has 148 valence electrons. The average Bonchev–Trinajstić information content (AvgIpc) is 2.94. The van der Waals surface area contributed by atoms with Crippen LogP contribution in [0.2, 0.25) is 0 Å². The summed E-state index contributed by atoms with van der Waals surface area (Å²) >= 11 is 0. The number of hydrogen-bond donors (Lipinski definition) is 0. The third-order valence-corrected chi connectivity index (χ3v) is 10.8. The van der Waals surface area contributed by atoms with E-state index in [1.54, 1.807) is 0 Å². The first-order chi connectivity index (χ1) is 12.5. The first kappa shape index (κ1) is 18.0. The van der Waals surface area contributed by atoms with Gasteiger partial charge in [-0.1, -0.05) is 33.6 Å². The summed E-state index contributed by atoms with van der Waals surface area (Å²) < 4.78 is 12.1. The summed E-state index contributed by atoms with van der Waals surface area (Å²) in [5.41, 5.74) is 1.43. The van der Waals surface area contributed by atoms with Crippen molar-refractivity contribution >= 4 is 0 Å². The van der Waals surface area contributed by atoms with Gasteiger partial charge >= 0.3 is 0 Å². The maximum Gasteiger partial charge on any atom is 0.0868 e. The van der Waals surface area contributed by atoms with Crippen molar-refractivity contribution in [3.8, 4) is 0 Å². The van der Waals surface area contributed by atoms with Crippen LogP contribution in [0, 0.1) is 39.9 Å². The fourth-order valence-electron chi connectivity index (χ4n) is 8.98. The zero-order valence-electron chi connectivity index (χ0n) is 17.4. The van der Waals surface area contributed by atoms with E-state index in [1.807, 2.05) is 0 Å². The largest absolute Gasteiger partial charge is 0.376 e. The summed E-state index contributed by atoms with van der Waals surface area (Å²) in [6.45, 7) is 10.3. The predicted octanol–water partition coefficient (Wildman–Crippen LogP) is 5.84. The molecule has 8 atom stereocenters. The van der Waals surface area contributed by atoms with Crippen LogP contribution < -0.4 is 0 Å². The van der Waals surface area contributed by atoms with Gasteiger partial charge in [0.25, 0.3) is 0 Å². The highest BCUT2D eigenvalue weighted by Gasteiger charge is 2.65. The van der Waals surface area contributed by atoms with Gasteiger partial charge in [0.1, 0.15) is 0 Å². The van der Waals surface area contributed by atoms with Crippen LogP contribution >= 0.6 is 0 Å². The molecule has 5 fully saturated rings. The molecule has 0 aromatic rings. The van der Waals surface area contributed by atoms with Crippen molar-refractivity contribution in [2.24, 2.45) is 39.9 Å². The molecular formula is C24H40O2. The number of hydrogen-bond acceptors (Lipinski definition) is 2. The van der Waals surface area contributed by atoms with Gasteiger partial charge in [-0.2, -0.15) is 0 Å². The Morgan fingerprint density at radius 3 is 2.35 bits per heavy atom. The summed E-state index contributed by atoms with van der Waals surface area (Å²) in [4.78, 5) is 0. The van der Waals surface area contributed by atoms with E-state index < -0.39 is 0 Å². The van der Waals surface area contributed by atoms with Gasteiger partial charge in [0.15, 0.2) is 0 Å². The molecule has 26 heavy (non-hydrogen) atoms. The summed E-state index contributed by atoms with van der Waals surface area (Å²) in [5.74, 6) is 3.95. The van der Waals surface area contributed by atoms with Crippen LogP contribution in [0.5, 0.6) is 0 Å². The van der Waals surface area contributed by atoms with Crippen LogP contribution in [0.15, 0.2) is 0 Å². The minimum atomic E-state index is 0.313. The van der Waals surface area contributed by atoms with E-state index in [0.29, 0.717) is 22.3 Å². The summed E-state index contributed by atoms with van der Waals surface area (Å²) in [7, 11) is 0. The van der Waals surface area contributed by atoms with Crippen molar-refractivity contribution in [1.29, 1.82) is 0 Å². The number of fused-ring (bicyclic) bond motifs is 5. The Balaban J connectivity index is 1.43. The molecule has 0 aromatic carbocycles. The van der Waals surface area contributed by atoms with Gasteiger partial charge in [0.2, 0.25) is 0 Å². The normalized spacial score (nSPS) is 57.1. The molecule has 0 spiro atoms. The number of rotatable bonds is 1. The van der Waals surface area contributed by atoms with Gasteiger partial charge in [-0.15, -0.1) is 0 Å². The smallest absolute Gasteiger partial charge is 0.0868 e. The topological polar surface area (TPSA) is 18.5 Å². The molecule has 3 unspecified atom stereocenters. The van der Waals surface area contributed by atoms with Crippen LogP contribution in [-0.4, -0.2) is 25.9 Å². The lowest BCUT2D eigenvalue weighted by Gasteiger charge is -2.62. The molecule has 2 nitrogen and oxygen atoms in total. The second kappa shape index (κ2) is 6.21. The van der Waals surface area contributed by atoms with Crippen LogP contribution in [0.25, 0.3) is 0 Å². The quantitative estimate of drug-likeness (QED) is 0.585. The monoisotopic (exact) mass is 360 g/mol. The van der Waals surface area contributed by atoms with Crippen molar-refractivity contribution in [3.63, 3.8) is 0 Å². The zero-order chi connectivity index (χ0) is 18.0. The van der Waals surface area contributed by atoms with Crippen molar-refractivity contribution in [2.45, 2.75) is 91.1 Å². The van der Waals surface area contributed by atoms with Gasteiger partial charge in [-0.25, -0.2) is 0 Å². The second-order valence-electron chi connectivity index (χ2n) is 11.2. The van der Waals surface area contributed by atoms with E-state index in [1.165, 1.54) is 64.2 Å². The lowest BCUT2D eigenvalue weighted by Crippen LogP contribution is -2.57. The standard InChI is InChI=1S/C24H40O2/c1-22-11-5-4-6-17(22)7-8-18-19(22)9-12-23(2)20(18)10-13-24(23,3)21-16-25-14-15-26-21/h17-21H,4-16H2,1-3H3/t17?,18-,19-,20+,21?,22+,23+,24?/m1/s1. The Morgan fingerprint density at radius 1 is 0.731 bits per heavy atom. The minimum absolute atomic E-state index is 0.313. The van der Waals surface area contributed by atoms with Crippen LogP contribution in [0.3, 0.4) is 0 Å². The van der Waals surface area contributed by atoms with Crippen LogP contribution in [0.1, 0.15) is 85.0 Å². The Hall–Kier alpha value is -0.0800. The molecule has 0 amide bonds. The lowest BCUT2D eigenvalue weighted by molar-refractivity contribution is -0.188. The molecule has 0 bridgehead atoms. The molecule has 0 aromatic heterocycles. The average molecular weight is 361 g/mol. The van der Waals surface area contributed by atoms with Gasteiger partial charge < -0.3 is 9.47 Å². The van der Waals surface area contributed by atoms with E-state index in [4.69, 9.17) is 9.47 Å². The fourth-order valence-corrected chi connectivity index (χ4v) is 8.98. The Kier molecular flexibility index (Phi) is 4.29. The first-order valence-electron chi connectivity index (χ1n) is 11.7. The highest BCUT2D eigenvalue weighted by molar-refractivity contribution is 5.13. The van der Waals surface area contributed by atoms with E-state index >= 15 is 0 Å². The molecule has 5 aliphatic rings. The van der Waals surface area contributed by atoms with Gasteiger partial charge in [-0.3, -0.25) is 0 Å². The molecule has 1 saturated heterocycles. The Morgan fingerprint density at radius 2 is 1.54 bits per heavy atom. The molecule has 0 radical (unpaired) electrons. The highest BCUT2D eigenvalue weighted by Crippen LogP contribution is 2.71. The maximum atomic E-state index is 6.30. The van der Waals surface area contributed by atoms with Gasteiger partial charge in [0, 0.05) is 5.41 Å². The molecule has 5 rings (SSSR count). The Labute approximate surface area is 160 Å². The predicted molar refractivity (Wildman–Crippen MR) is 105 cm³/mol. The summed E-state index contributed by atoms with van der Waals surface area (Å²) in [6.07, 6.45) is 15.1. The fraction of sp³-hybridized carbons (Fsp3) is 1.00. The van der Waals surface area contributed by atoms with E-state index in [9.17, 15) is 0 Å². The summed E-state index contributed by atoms with van der Waals surface area (Å²) in [6, 6.07) is 0. The first-order valence-corrected chi connectivity index (χ1v) is 11.7. The molecule has 1 aliphatic heterocycles. The molecule has 2 heteroatoms. The lowest BCUT2D eigenvalue weighted by atomic mass is 9.43. The third kappa shape index (κ3) is 2.30. The van der Waals surface area contributed by atoms with E-state index in [-0.39, 0.29) is 0 Å². The second-order valence-corrected chi connectivity index (χ2v) is 11.2. The van der Waals surface area contributed by atoms with Crippen molar-refractivity contribution in [1.82, 2.24) is 0 Å². The molecule has 0 N–H and O–H groups in total. The highest BCUT2D eigenvalue weighted by atomic mass is 16.6. The van der Waals surface area contributed by atoms with Gasteiger partial charge in [-0.05, 0) is 85.9 Å². The van der Waals surface area contributed by atoms with Crippen molar-refractivity contribution < 1.29 is 9.47 Å². The SMILES string of the molecule is CC1(C2COCCO2)CC[C@H]2[C@@H]3CCC4CCCC[C@]4(C)[C@@H]3CC[C@@]21C. The Bertz CT molecular complexity index is 540. The zero-order valence-corrected chi connectivity index (χ0v) is 17.4. The summed E-state index contributed by atoms with van der Waals surface area (Å²) in [5, 5.41) is 0. The molecule has 4 saturated carbocycles. The van der Waals surface area contributed by atoms with Crippen LogP contribution in [-0.2, 0) is 9.47 Å². The number of ether oxygens (including phenoxy) is 2. The van der Waals surface area contributed by atoms with Crippen LogP contribution in [0.4, 0.5) is 0 Å².